The molecule has 1 amide bonds. The Morgan fingerprint density at radius 3 is 2.24 bits per heavy atom. The summed E-state index contributed by atoms with van der Waals surface area (Å²) >= 11 is 0. The Hall–Kier alpha value is -0.770. The average Bonchev–Trinajstić information content (AvgIpc) is 2.49. The summed E-state index contributed by atoms with van der Waals surface area (Å²) in [6.07, 6.45) is 1.57. The van der Waals surface area contributed by atoms with Gasteiger partial charge in [-0.3, -0.25) is 4.99 Å². The number of amides is 1. The Balaban J connectivity index is 0. The lowest BCUT2D eigenvalue weighted by Crippen LogP contribution is -2.43. The number of carbonyl (C=O) groups is 1. The minimum absolute atomic E-state index is 0. The molecular weight excluding hydrogens is 433 g/mol. The van der Waals surface area contributed by atoms with Crippen LogP contribution in [0, 0.1) is 0 Å². The first-order valence-electron chi connectivity index (χ1n) is 8.81. The Morgan fingerprint density at radius 2 is 1.72 bits per heavy atom. The molecule has 0 spiro atoms. The largest absolute Gasteiger partial charge is 0.444 e. The standard InChI is InChI=1S/C17H37N5O2.HI/c1-8-14(2)22(7)13-12-20-15(18-6)19-10-9-11-21-16(23)24-17(3,4)5;/h14H,8-13H2,1-7H3,(H,21,23)(H2,18,19,20);1H. The highest BCUT2D eigenvalue weighted by atomic mass is 127. The van der Waals surface area contributed by atoms with Crippen LogP contribution in [0.2, 0.25) is 0 Å². The molecule has 0 aromatic rings. The minimum Gasteiger partial charge on any atom is -0.444 e. The van der Waals surface area contributed by atoms with E-state index in [1.165, 1.54) is 0 Å². The van der Waals surface area contributed by atoms with Crippen LogP contribution in [0.1, 0.15) is 47.5 Å². The summed E-state index contributed by atoms with van der Waals surface area (Å²) in [4.78, 5) is 18.0. The predicted molar refractivity (Wildman–Crippen MR) is 116 cm³/mol. The highest BCUT2D eigenvalue weighted by Gasteiger charge is 2.15. The second kappa shape index (κ2) is 14.4. The van der Waals surface area contributed by atoms with Crippen molar-refractivity contribution in [1.82, 2.24) is 20.9 Å². The topological polar surface area (TPSA) is 78.0 Å². The van der Waals surface area contributed by atoms with Crippen LogP contribution in [0.3, 0.4) is 0 Å². The van der Waals surface area contributed by atoms with Crippen LogP contribution in [-0.2, 0) is 4.74 Å². The molecule has 0 bridgehead atoms. The van der Waals surface area contributed by atoms with Crippen molar-refractivity contribution in [1.29, 1.82) is 0 Å². The van der Waals surface area contributed by atoms with Gasteiger partial charge in [0.2, 0.25) is 0 Å². The Morgan fingerprint density at radius 1 is 1.16 bits per heavy atom. The quantitative estimate of drug-likeness (QED) is 0.208. The van der Waals surface area contributed by atoms with E-state index in [1.807, 2.05) is 20.8 Å². The molecule has 25 heavy (non-hydrogen) atoms. The molecule has 0 rings (SSSR count). The molecule has 1 unspecified atom stereocenters. The number of alkyl carbamates (subject to hydrolysis) is 1. The fourth-order valence-corrected chi connectivity index (χ4v) is 1.90. The highest BCUT2D eigenvalue weighted by Crippen LogP contribution is 2.06. The maximum atomic E-state index is 11.5. The first-order chi connectivity index (χ1) is 11.2. The molecule has 0 aromatic carbocycles. The van der Waals surface area contributed by atoms with Gasteiger partial charge in [0, 0.05) is 39.3 Å². The lowest BCUT2D eigenvalue weighted by Gasteiger charge is -2.24. The first kappa shape index (κ1) is 26.5. The summed E-state index contributed by atoms with van der Waals surface area (Å²) in [6.45, 7) is 13.1. The van der Waals surface area contributed by atoms with Gasteiger partial charge in [0.05, 0.1) is 0 Å². The number of nitrogens with zero attached hydrogens (tertiary/aromatic N) is 2. The summed E-state index contributed by atoms with van der Waals surface area (Å²) in [5.41, 5.74) is -0.462. The van der Waals surface area contributed by atoms with Crippen LogP contribution in [0.15, 0.2) is 4.99 Å². The zero-order valence-electron chi connectivity index (χ0n) is 16.9. The first-order valence-corrected chi connectivity index (χ1v) is 8.81. The molecule has 3 N–H and O–H groups in total. The maximum Gasteiger partial charge on any atom is 0.407 e. The third-order valence-electron chi connectivity index (χ3n) is 3.64. The number of hydrogen-bond donors (Lipinski definition) is 3. The third kappa shape index (κ3) is 15.2. The molecule has 0 aliphatic carbocycles. The summed E-state index contributed by atoms with van der Waals surface area (Å²) in [5.74, 6) is 0.782. The van der Waals surface area contributed by atoms with Gasteiger partial charge in [0.1, 0.15) is 5.60 Å². The second-order valence-electron chi connectivity index (χ2n) is 6.95. The summed E-state index contributed by atoms with van der Waals surface area (Å²) in [7, 11) is 3.89. The molecule has 150 valence electrons. The fourth-order valence-electron chi connectivity index (χ4n) is 1.90. The van der Waals surface area contributed by atoms with E-state index in [1.54, 1.807) is 7.05 Å². The van der Waals surface area contributed by atoms with Gasteiger partial charge in [-0.1, -0.05) is 6.92 Å². The number of hydrogen-bond acceptors (Lipinski definition) is 4. The van der Waals surface area contributed by atoms with Crippen molar-refractivity contribution in [2.45, 2.75) is 59.1 Å². The van der Waals surface area contributed by atoms with Crippen molar-refractivity contribution in [2.24, 2.45) is 4.99 Å². The van der Waals surface area contributed by atoms with Gasteiger partial charge in [-0.25, -0.2) is 4.79 Å². The number of rotatable bonds is 9. The molecule has 0 fully saturated rings. The fraction of sp³-hybridized carbons (Fsp3) is 0.882. The second-order valence-corrected chi connectivity index (χ2v) is 6.95. The molecular formula is C17H38IN5O2. The summed E-state index contributed by atoms with van der Waals surface area (Å²) in [5, 5.41) is 9.27. The Kier molecular flexibility index (Phi) is 15.2. The van der Waals surface area contributed by atoms with Gasteiger partial charge in [-0.15, -0.1) is 24.0 Å². The molecule has 0 aromatic heterocycles. The summed E-state index contributed by atoms with van der Waals surface area (Å²) in [6, 6.07) is 0.584. The highest BCUT2D eigenvalue weighted by molar-refractivity contribution is 14.0. The molecule has 0 heterocycles. The van der Waals surface area contributed by atoms with E-state index in [4.69, 9.17) is 4.74 Å². The van der Waals surface area contributed by atoms with E-state index >= 15 is 0 Å². The van der Waals surface area contributed by atoms with Gasteiger partial charge in [0.25, 0.3) is 0 Å². The van der Waals surface area contributed by atoms with Crippen LogP contribution in [-0.4, -0.2) is 68.9 Å². The van der Waals surface area contributed by atoms with E-state index in [-0.39, 0.29) is 30.1 Å². The number of guanidine groups is 1. The van der Waals surface area contributed by atoms with Gasteiger partial charge >= 0.3 is 6.09 Å². The Labute approximate surface area is 170 Å². The van der Waals surface area contributed by atoms with Gasteiger partial charge < -0.3 is 25.6 Å². The van der Waals surface area contributed by atoms with E-state index in [0.717, 1.165) is 38.4 Å². The van der Waals surface area contributed by atoms with Gasteiger partial charge in [-0.2, -0.15) is 0 Å². The number of nitrogens with one attached hydrogen (secondary N) is 3. The Bertz CT molecular complexity index is 386. The van der Waals surface area contributed by atoms with E-state index < -0.39 is 5.60 Å². The lowest BCUT2D eigenvalue weighted by molar-refractivity contribution is 0.0527. The smallest absolute Gasteiger partial charge is 0.407 e. The van der Waals surface area contributed by atoms with Crippen molar-refractivity contribution < 1.29 is 9.53 Å². The van der Waals surface area contributed by atoms with Crippen molar-refractivity contribution in [3.05, 3.63) is 0 Å². The van der Waals surface area contributed by atoms with Gasteiger partial charge in [-0.05, 0) is 47.6 Å². The molecule has 1 atom stereocenters. The molecule has 0 saturated heterocycles. The van der Waals surface area contributed by atoms with Crippen LogP contribution in [0.5, 0.6) is 0 Å². The van der Waals surface area contributed by atoms with E-state index in [0.29, 0.717) is 12.6 Å². The maximum absolute atomic E-state index is 11.5. The van der Waals surface area contributed by atoms with Crippen molar-refractivity contribution in [2.75, 3.05) is 40.3 Å². The lowest BCUT2D eigenvalue weighted by atomic mass is 10.2. The predicted octanol–water partition coefficient (Wildman–Crippen LogP) is 2.41. The van der Waals surface area contributed by atoms with Crippen LogP contribution < -0.4 is 16.0 Å². The normalized spacial score (nSPS) is 13.0. The molecule has 0 aliphatic heterocycles. The minimum atomic E-state index is -0.462. The van der Waals surface area contributed by atoms with Crippen LogP contribution >= 0.6 is 24.0 Å². The summed E-state index contributed by atoms with van der Waals surface area (Å²) < 4.78 is 5.18. The molecule has 8 heteroatoms. The monoisotopic (exact) mass is 471 g/mol. The number of likely N-dealkylation sites (N-methyl/N-ethyl adjacent to an activating group) is 1. The zero-order chi connectivity index (χ0) is 18.6. The van der Waals surface area contributed by atoms with Crippen LogP contribution in [0.25, 0.3) is 0 Å². The molecule has 0 aliphatic rings. The molecule has 0 radical (unpaired) electrons. The van der Waals surface area contributed by atoms with E-state index in [2.05, 4.69) is 46.7 Å². The zero-order valence-corrected chi connectivity index (χ0v) is 19.3. The average molecular weight is 471 g/mol. The number of carbonyl (C=O) groups excluding carboxylic acids is 1. The van der Waals surface area contributed by atoms with E-state index in [9.17, 15) is 4.79 Å². The van der Waals surface area contributed by atoms with Crippen LogP contribution in [0.4, 0.5) is 4.79 Å². The SMILES string of the molecule is CCC(C)N(C)CCNC(=NC)NCCCNC(=O)OC(C)(C)C.I. The molecule has 0 saturated carbocycles. The molecule has 7 nitrogen and oxygen atoms in total. The van der Waals surface area contributed by atoms with Crippen molar-refractivity contribution >= 4 is 36.0 Å². The third-order valence-corrected chi connectivity index (χ3v) is 3.64. The van der Waals surface area contributed by atoms with Gasteiger partial charge in [0.15, 0.2) is 5.96 Å². The number of ether oxygens (including phenoxy) is 1. The van der Waals surface area contributed by atoms with Crippen molar-refractivity contribution in [3.8, 4) is 0 Å². The number of aliphatic imine (C=N–C) groups is 1. The van der Waals surface area contributed by atoms with Crippen molar-refractivity contribution in [3.63, 3.8) is 0 Å². The number of halogens is 1.